The van der Waals surface area contributed by atoms with Crippen LogP contribution in [0, 0.1) is 13.8 Å². The van der Waals surface area contributed by atoms with Crippen molar-refractivity contribution in [3.8, 4) is 23.2 Å². The van der Waals surface area contributed by atoms with Gasteiger partial charge in [0.05, 0.1) is 5.69 Å². The summed E-state index contributed by atoms with van der Waals surface area (Å²) >= 11 is 3.49. The Kier molecular flexibility index (Phi) is 4.42. The predicted octanol–water partition coefficient (Wildman–Crippen LogP) is 5.36. The average molecular weight is 410 g/mol. The normalized spacial score (nSPS) is 11.0. The fourth-order valence-corrected chi connectivity index (χ4v) is 3.09. The molecule has 2 heterocycles. The number of hydrogen-bond acceptors (Lipinski definition) is 5. The smallest absolute Gasteiger partial charge is 0.314 e. The summed E-state index contributed by atoms with van der Waals surface area (Å²) < 4.78 is 12.3. The second-order valence-corrected chi connectivity index (χ2v) is 7.04. The average Bonchev–Trinajstić information content (AvgIpc) is 3.23. The first-order valence-corrected chi connectivity index (χ1v) is 8.99. The first-order valence-electron chi connectivity index (χ1n) is 8.20. The molecular formula is C20H16BrN3O2. The molecule has 6 heteroatoms. The van der Waals surface area contributed by atoms with Gasteiger partial charge in [0.15, 0.2) is 0 Å². The van der Waals surface area contributed by atoms with Crippen molar-refractivity contribution in [2.24, 2.45) is 0 Å². The van der Waals surface area contributed by atoms with E-state index in [1.54, 1.807) is 0 Å². The summed E-state index contributed by atoms with van der Waals surface area (Å²) in [5, 5.41) is 4.03. The van der Waals surface area contributed by atoms with Gasteiger partial charge in [-0.25, -0.2) is 4.98 Å². The monoisotopic (exact) mass is 409 g/mol. The topological polar surface area (TPSA) is 65.0 Å². The van der Waals surface area contributed by atoms with Crippen LogP contribution in [0.5, 0.6) is 0 Å². The molecule has 130 valence electrons. The van der Waals surface area contributed by atoms with Crippen LogP contribution in [0.4, 0.5) is 0 Å². The van der Waals surface area contributed by atoms with E-state index in [0.717, 1.165) is 27.1 Å². The largest absolute Gasteiger partial charge is 0.437 e. The lowest BCUT2D eigenvalue weighted by molar-refractivity contribution is 0.409. The zero-order valence-electron chi connectivity index (χ0n) is 14.4. The zero-order chi connectivity index (χ0) is 18.1. The van der Waals surface area contributed by atoms with E-state index in [1.807, 2.05) is 50.2 Å². The number of rotatable bonds is 4. The molecule has 0 aliphatic rings. The summed E-state index contributed by atoms with van der Waals surface area (Å²) in [4.78, 5) is 8.86. The highest BCUT2D eigenvalue weighted by molar-refractivity contribution is 9.10. The molecule has 0 spiro atoms. The molecule has 2 aromatic carbocycles. The van der Waals surface area contributed by atoms with Crippen LogP contribution in [0.15, 0.2) is 61.9 Å². The molecule has 4 aromatic rings. The lowest BCUT2D eigenvalue weighted by atomic mass is 10.1. The first kappa shape index (κ1) is 16.7. The van der Waals surface area contributed by atoms with Gasteiger partial charge >= 0.3 is 5.89 Å². The quantitative estimate of drug-likeness (QED) is 0.453. The third kappa shape index (κ3) is 3.46. The van der Waals surface area contributed by atoms with Crippen molar-refractivity contribution < 1.29 is 8.94 Å². The van der Waals surface area contributed by atoms with Crippen LogP contribution >= 0.6 is 15.9 Å². The van der Waals surface area contributed by atoms with E-state index in [1.165, 1.54) is 5.56 Å². The molecule has 2 aromatic heterocycles. The Bertz CT molecular complexity index is 1050. The Balaban J connectivity index is 1.60. The van der Waals surface area contributed by atoms with Crippen molar-refractivity contribution in [1.82, 2.24) is 15.1 Å². The maximum atomic E-state index is 5.89. The van der Waals surface area contributed by atoms with Gasteiger partial charge in [-0.2, -0.15) is 4.98 Å². The van der Waals surface area contributed by atoms with Crippen LogP contribution in [0.1, 0.15) is 22.6 Å². The summed E-state index contributed by atoms with van der Waals surface area (Å²) in [7, 11) is 0. The van der Waals surface area contributed by atoms with Crippen LogP contribution in [0.2, 0.25) is 0 Å². The molecule has 0 aliphatic carbocycles. The highest BCUT2D eigenvalue weighted by atomic mass is 79.9. The third-order valence-corrected chi connectivity index (χ3v) is 4.56. The van der Waals surface area contributed by atoms with Crippen LogP contribution in [-0.2, 0) is 6.42 Å². The fourth-order valence-electron chi connectivity index (χ4n) is 2.65. The SMILES string of the molecule is Cc1ccc(-c2noc(-c3nc(C)c(Cc4cccc(Br)c4)o3)n2)cc1. The van der Waals surface area contributed by atoms with Gasteiger partial charge in [-0.3, -0.25) is 0 Å². The molecule has 0 fully saturated rings. The molecule has 5 nitrogen and oxygen atoms in total. The van der Waals surface area contributed by atoms with E-state index in [2.05, 4.69) is 43.2 Å². The lowest BCUT2D eigenvalue weighted by Crippen LogP contribution is -1.88. The predicted molar refractivity (Wildman–Crippen MR) is 102 cm³/mol. The molecule has 0 bridgehead atoms. The van der Waals surface area contributed by atoms with Crippen molar-refractivity contribution in [2.45, 2.75) is 20.3 Å². The molecule has 0 atom stereocenters. The maximum absolute atomic E-state index is 5.89. The van der Waals surface area contributed by atoms with Gasteiger partial charge in [0.25, 0.3) is 5.89 Å². The van der Waals surface area contributed by atoms with Gasteiger partial charge in [0.1, 0.15) is 5.76 Å². The van der Waals surface area contributed by atoms with Crippen LogP contribution in [0.25, 0.3) is 23.2 Å². The molecule has 0 unspecified atom stereocenters. The summed E-state index contributed by atoms with van der Waals surface area (Å²) in [5.74, 6) is 1.93. The molecule has 0 saturated heterocycles. The van der Waals surface area contributed by atoms with E-state index in [9.17, 15) is 0 Å². The zero-order valence-corrected chi connectivity index (χ0v) is 15.9. The number of oxazole rings is 1. The third-order valence-electron chi connectivity index (χ3n) is 4.07. The van der Waals surface area contributed by atoms with Crippen LogP contribution < -0.4 is 0 Å². The van der Waals surface area contributed by atoms with Crippen molar-refractivity contribution in [3.05, 3.63) is 75.6 Å². The second-order valence-electron chi connectivity index (χ2n) is 6.12. The number of aryl methyl sites for hydroxylation is 2. The lowest BCUT2D eigenvalue weighted by Gasteiger charge is -1.99. The summed E-state index contributed by atoms with van der Waals surface area (Å²) in [5.41, 5.74) is 4.02. The highest BCUT2D eigenvalue weighted by Gasteiger charge is 2.18. The molecule has 4 rings (SSSR count). The number of halogens is 1. The molecule has 0 aliphatic heterocycles. The Morgan fingerprint density at radius 3 is 2.54 bits per heavy atom. The minimum atomic E-state index is 0.282. The van der Waals surface area contributed by atoms with Crippen LogP contribution in [-0.4, -0.2) is 15.1 Å². The van der Waals surface area contributed by atoms with E-state index in [0.29, 0.717) is 18.1 Å². The van der Waals surface area contributed by atoms with E-state index < -0.39 is 0 Å². The Hall–Kier alpha value is -2.73. The summed E-state index contributed by atoms with van der Waals surface area (Å²) in [6, 6.07) is 16.0. The number of hydrogen-bond donors (Lipinski definition) is 0. The Morgan fingerprint density at radius 2 is 1.77 bits per heavy atom. The Morgan fingerprint density at radius 1 is 0.962 bits per heavy atom. The molecule has 26 heavy (non-hydrogen) atoms. The van der Waals surface area contributed by atoms with Gasteiger partial charge in [-0.1, -0.05) is 63.0 Å². The van der Waals surface area contributed by atoms with Crippen molar-refractivity contribution >= 4 is 15.9 Å². The minimum Gasteiger partial charge on any atom is -0.437 e. The van der Waals surface area contributed by atoms with Gasteiger partial charge < -0.3 is 8.94 Å². The van der Waals surface area contributed by atoms with Gasteiger partial charge in [0.2, 0.25) is 5.82 Å². The number of nitrogens with zero attached hydrogens (tertiary/aromatic N) is 3. The Labute approximate surface area is 159 Å². The molecule has 0 radical (unpaired) electrons. The minimum absolute atomic E-state index is 0.282. The van der Waals surface area contributed by atoms with Gasteiger partial charge in [-0.05, 0) is 31.5 Å². The highest BCUT2D eigenvalue weighted by Crippen LogP contribution is 2.25. The first-order chi connectivity index (χ1) is 12.6. The number of aromatic nitrogens is 3. The van der Waals surface area contributed by atoms with Gasteiger partial charge in [0, 0.05) is 16.5 Å². The molecule has 0 N–H and O–H groups in total. The fraction of sp³-hybridized carbons (Fsp3) is 0.150. The molecular weight excluding hydrogens is 394 g/mol. The number of benzene rings is 2. The van der Waals surface area contributed by atoms with E-state index in [4.69, 9.17) is 8.94 Å². The van der Waals surface area contributed by atoms with Crippen molar-refractivity contribution in [1.29, 1.82) is 0 Å². The maximum Gasteiger partial charge on any atom is 0.314 e. The second kappa shape index (κ2) is 6.88. The van der Waals surface area contributed by atoms with Crippen molar-refractivity contribution in [2.75, 3.05) is 0 Å². The van der Waals surface area contributed by atoms with Gasteiger partial charge in [-0.15, -0.1) is 0 Å². The van der Waals surface area contributed by atoms with E-state index in [-0.39, 0.29) is 5.89 Å². The summed E-state index contributed by atoms with van der Waals surface area (Å²) in [6.07, 6.45) is 0.650. The summed E-state index contributed by atoms with van der Waals surface area (Å²) in [6.45, 7) is 3.95. The molecule has 0 saturated carbocycles. The van der Waals surface area contributed by atoms with Crippen molar-refractivity contribution in [3.63, 3.8) is 0 Å². The standard InChI is InChI=1S/C20H16BrN3O2/c1-12-6-8-15(9-7-12)18-23-20(26-24-18)19-22-13(2)17(25-19)11-14-4-3-5-16(21)10-14/h3-10H,11H2,1-2H3. The van der Waals surface area contributed by atoms with E-state index >= 15 is 0 Å². The molecule has 0 amide bonds. The van der Waals surface area contributed by atoms with Crippen LogP contribution in [0.3, 0.4) is 0 Å².